The number of amides is 1. The van der Waals surface area contributed by atoms with Gasteiger partial charge in [0.15, 0.2) is 5.78 Å². The molecule has 1 aromatic carbocycles. The fourth-order valence-electron chi connectivity index (χ4n) is 3.19. The molecule has 1 atom stereocenters. The quantitative estimate of drug-likeness (QED) is 0.340. The van der Waals surface area contributed by atoms with Gasteiger partial charge < -0.3 is 14.8 Å². The molecule has 152 valence electrons. The summed E-state index contributed by atoms with van der Waals surface area (Å²) in [5, 5.41) is 13.2. The number of carbonyl (C=O) groups excluding carboxylic acids is 2. The highest BCUT2D eigenvalue weighted by molar-refractivity contribution is 6.06. The van der Waals surface area contributed by atoms with E-state index >= 15 is 0 Å². The van der Waals surface area contributed by atoms with Crippen molar-refractivity contribution in [2.45, 2.75) is 71.3 Å². The van der Waals surface area contributed by atoms with Crippen molar-refractivity contribution in [3.05, 3.63) is 40.2 Å². The van der Waals surface area contributed by atoms with Crippen molar-refractivity contribution in [1.29, 1.82) is 0 Å². The predicted molar refractivity (Wildman–Crippen MR) is 109 cm³/mol. The Kier molecular flexibility index (Phi) is 8.23. The minimum absolute atomic E-state index is 0.206. The number of hydrogen-bond acceptors (Lipinski definition) is 5. The number of Topliss-reactive ketones (excluding diaryl/α,β-unsaturated/α-hetero) is 1. The molecule has 0 saturated heterocycles. The molecule has 0 radical (unpaired) electrons. The summed E-state index contributed by atoms with van der Waals surface area (Å²) < 4.78 is 5.12. The second kappa shape index (κ2) is 10.6. The summed E-state index contributed by atoms with van der Waals surface area (Å²) in [6, 6.07) is 5.52. The first kappa shape index (κ1) is 21.7. The zero-order valence-electron chi connectivity index (χ0n) is 16.6. The third kappa shape index (κ3) is 5.68. The smallest absolute Gasteiger partial charge is 0.351 e. The lowest BCUT2D eigenvalue weighted by Gasteiger charge is -2.13. The summed E-state index contributed by atoms with van der Waals surface area (Å²) in [7, 11) is 0. The fourth-order valence-corrected chi connectivity index (χ4v) is 3.19. The molecule has 6 nitrogen and oxygen atoms in total. The maximum atomic E-state index is 12.6. The second-order valence-electron chi connectivity index (χ2n) is 7.13. The van der Waals surface area contributed by atoms with E-state index in [1.807, 2.05) is 0 Å². The van der Waals surface area contributed by atoms with Crippen LogP contribution in [-0.2, 0) is 4.79 Å². The van der Waals surface area contributed by atoms with Gasteiger partial charge in [0, 0.05) is 6.42 Å². The Balaban J connectivity index is 1.91. The summed E-state index contributed by atoms with van der Waals surface area (Å²) in [6.07, 6.45) is 8.05. The molecule has 2 rings (SSSR count). The van der Waals surface area contributed by atoms with Gasteiger partial charge in [0.2, 0.25) is 5.91 Å². The molecule has 0 aliphatic carbocycles. The summed E-state index contributed by atoms with van der Waals surface area (Å²) in [4.78, 5) is 36.8. The van der Waals surface area contributed by atoms with Crippen LogP contribution in [0.2, 0.25) is 0 Å². The second-order valence-corrected chi connectivity index (χ2v) is 7.13. The van der Waals surface area contributed by atoms with Gasteiger partial charge in [-0.2, -0.15) is 0 Å². The number of fused-ring (bicyclic) bond motifs is 1. The van der Waals surface area contributed by atoms with Crippen molar-refractivity contribution in [3.8, 4) is 5.75 Å². The van der Waals surface area contributed by atoms with Gasteiger partial charge in [-0.15, -0.1) is 0 Å². The molecule has 2 N–H and O–H groups in total. The van der Waals surface area contributed by atoms with E-state index in [0.717, 1.165) is 19.3 Å². The van der Waals surface area contributed by atoms with Crippen molar-refractivity contribution < 1.29 is 19.1 Å². The van der Waals surface area contributed by atoms with Crippen LogP contribution in [0.15, 0.2) is 33.5 Å². The van der Waals surface area contributed by atoms with Crippen LogP contribution in [0.1, 0.15) is 75.6 Å². The van der Waals surface area contributed by atoms with Crippen LogP contribution >= 0.6 is 0 Å². The lowest BCUT2D eigenvalue weighted by atomic mass is 10.0. The van der Waals surface area contributed by atoms with Gasteiger partial charge in [-0.1, -0.05) is 57.6 Å². The average Bonchev–Trinajstić information content (AvgIpc) is 2.67. The number of ketones is 1. The predicted octanol–water partition coefficient (Wildman–Crippen LogP) is 4.33. The third-order valence-electron chi connectivity index (χ3n) is 4.81. The summed E-state index contributed by atoms with van der Waals surface area (Å²) >= 11 is 0. The van der Waals surface area contributed by atoms with E-state index in [9.17, 15) is 19.5 Å². The molecule has 6 heteroatoms. The minimum atomic E-state index is -0.924. The van der Waals surface area contributed by atoms with E-state index in [-0.39, 0.29) is 16.9 Å². The maximum Gasteiger partial charge on any atom is 0.351 e. The van der Waals surface area contributed by atoms with Gasteiger partial charge in [0.25, 0.3) is 0 Å². The molecular formula is C22H29NO5. The van der Waals surface area contributed by atoms with Crippen molar-refractivity contribution in [3.63, 3.8) is 0 Å². The van der Waals surface area contributed by atoms with E-state index < -0.39 is 28.8 Å². The Morgan fingerprint density at radius 3 is 2.43 bits per heavy atom. The van der Waals surface area contributed by atoms with Crippen molar-refractivity contribution in [1.82, 2.24) is 5.32 Å². The Labute approximate surface area is 164 Å². The van der Waals surface area contributed by atoms with Gasteiger partial charge in [0.1, 0.15) is 16.9 Å². The zero-order chi connectivity index (χ0) is 20.5. The first-order valence-electron chi connectivity index (χ1n) is 10.0. The van der Waals surface area contributed by atoms with Crippen LogP contribution in [0.5, 0.6) is 5.75 Å². The molecule has 1 heterocycles. The number of hydrogen-bond donors (Lipinski definition) is 2. The molecule has 0 aliphatic heterocycles. The van der Waals surface area contributed by atoms with Crippen LogP contribution in [0.25, 0.3) is 11.0 Å². The lowest BCUT2D eigenvalue weighted by Crippen LogP contribution is -2.40. The van der Waals surface area contributed by atoms with E-state index in [0.29, 0.717) is 6.42 Å². The molecule has 1 aromatic heterocycles. The number of para-hydroxylation sites is 1. The summed E-state index contributed by atoms with van der Waals surface area (Å²) in [5.41, 5.74) is -1.13. The average molecular weight is 387 g/mol. The van der Waals surface area contributed by atoms with Crippen LogP contribution in [0, 0.1) is 0 Å². The molecule has 0 bridgehead atoms. The number of rotatable bonds is 11. The van der Waals surface area contributed by atoms with E-state index in [2.05, 4.69) is 12.2 Å². The SMILES string of the molecule is CCCCCCCCCC(=O)NC(C)C(=O)c1c(O)c2ccccc2oc1=O. The maximum absolute atomic E-state index is 12.6. The largest absolute Gasteiger partial charge is 0.506 e. The number of carbonyl (C=O) groups is 2. The Morgan fingerprint density at radius 2 is 1.71 bits per heavy atom. The third-order valence-corrected chi connectivity index (χ3v) is 4.81. The first-order chi connectivity index (χ1) is 13.5. The molecule has 2 aromatic rings. The van der Waals surface area contributed by atoms with Gasteiger partial charge in [-0.05, 0) is 25.5 Å². The molecule has 28 heavy (non-hydrogen) atoms. The Hall–Kier alpha value is -2.63. The molecule has 0 aliphatic rings. The molecule has 0 saturated carbocycles. The highest BCUT2D eigenvalue weighted by atomic mass is 16.4. The van der Waals surface area contributed by atoms with E-state index in [1.54, 1.807) is 18.2 Å². The highest BCUT2D eigenvalue weighted by Crippen LogP contribution is 2.26. The molecule has 1 amide bonds. The van der Waals surface area contributed by atoms with Gasteiger partial charge in [-0.25, -0.2) is 4.79 Å². The van der Waals surface area contributed by atoms with Crippen molar-refractivity contribution >= 4 is 22.7 Å². The number of unbranched alkanes of at least 4 members (excludes halogenated alkanes) is 6. The van der Waals surface area contributed by atoms with Crippen LogP contribution in [0.3, 0.4) is 0 Å². The standard InChI is InChI=1S/C22H29NO5/c1-3-4-5-6-7-8-9-14-18(24)23-15(2)20(25)19-21(26)16-12-10-11-13-17(16)28-22(19)27/h10-13,15,26H,3-9,14H2,1-2H3,(H,23,24). The van der Waals surface area contributed by atoms with E-state index in [1.165, 1.54) is 38.7 Å². The zero-order valence-corrected chi connectivity index (χ0v) is 16.6. The van der Waals surface area contributed by atoms with Crippen LogP contribution in [0.4, 0.5) is 0 Å². The van der Waals surface area contributed by atoms with Gasteiger partial charge >= 0.3 is 5.63 Å². The molecule has 1 unspecified atom stereocenters. The molecule has 0 spiro atoms. The Bertz CT molecular complexity index is 871. The van der Waals surface area contributed by atoms with Crippen LogP contribution < -0.4 is 10.9 Å². The molecule has 0 fully saturated rings. The van der Waals surface area contributed by atoms with Crippen LogP contribution in [-0.4, -0.2) is 22.8 Å². The minimum Gasteiger partial charge on any atom is -0.506 e. The number of benzene rings is 1. The topological polar surface area (TPSA) is 96.6 Å². The van der Waals surface area contributed by atoms with Gasteiger partial charge in [-0.3, -0.25) is 9.59 Å². The molecular weight excluding hydrogens is 358 g/mol. The van der Waals surface area contributed by atoms with Crippen molar-refractivity contribution in [2.24, 2.45) is 0 Å². The summed E-state index contributed by atoms with van der Waals surface area (Å²) in [5.74, 6) is -1.31. The van der Waals surface area contributed by atoms with Crippen molar-refractivity contribution in [2.75, 3.05) is 0 Å². The van der Waals surface area contributed by atoms with Gasteiger partial charge in [0.05, 0.1) is 11.4 Å². The monoisotopic (exact) mass is 387 g/mol. The Morgan fingerprint density at radius 1 is 1.07 bits per heavy atom. The number of aromatic hydroxyl groups is 1. The first-order valence-corrected chi connectivity index (χ1v) is 10.0. The highest BCUT2D eigenvalue weighted by Gasteiger charge is 2.26. The normalized spacial score (nSPS) is 12.1. The fraction of sp³-hybridized carbons (Fsp3) is 0.500. The number of nitrogens with one attached hydrogen (secondary N) is 1. The van der Waals surface area contributed by atoms with E-state index in [4.69, 9.17) is 4.42 Å². The summed E-state index contributed by atoms with van der Waals surface area (Å²) in [6.45, 7) is 3.67. The lowest BCUT2D eigenvalue weighted by molar-refractivity contribution is -0.121.